The Kier molecular flexibility index (Phi) is 4.45. The van der Waals surface area contributed by atoms with Gasteiger partial charge in [-0.3, -0.25) is 14.8 Å². The van der Waals surface area contributed by atoms with Gasteiger partial charge in [-0.05, 0) is 40.3 Å². The first-order valence-corrected chi connectivity index (χ1v) is 10.5. The Morgan fingerprint density at radius 3 is 2.38 bits per heavy atom. The maximum absolute atomic E-state index is 13.2. The lowest BCUT2D eigenvalue weighted by Gasteiger charge is -2.28. The molecule has 2 heterocycles. The van der Waals surface area contributed by atoms with Crippen LogP contribution in [0.5, 0.6) is 0 Å². The second kappa shape index (κ2) is 7.13. The van der Waals surface area contributed by atoms with Gasteiger partial charge in [-0.2, -0.15) is 0 Å². The fraction of sp³-hybridized carbons (Fsp3) is 0.217. The molecule has 2 amide bonds. The lowest BCUT2D eigenvalue weighted by molar-refractivity contribution is -0.132. The van der Waals surface area contributed by atoms with Crippen molar-refractivity contribution in [2.24, 2.45) is 0 Å². The molecule has 6 heteroatoms. The van der Waals surface area contributed by atoms with Crippen molar-refractivity contribution in [2.45, 2.75) is 25.3 Å². The molecule has 2 N–H and O–H groups in total. The van der Waals surface area contributed by atoms with E-state index in [1.165, 1.54) is 33.6 Å². The molecule has 2 aromatic carbocycles. The summed E-state index contributed by atoms with van der Waals surface area (Å²) in [6, 6.07) is 18.5. The third kappa shape index (κ3) is 3.05. The number of nitrogens with zero attached hydrogens (tertiary/aromatic N) is 1. The minimum Gasteiger partial charge on any atom is -0.337 e. The first-order chi connectivity index (χ1) is 14.2. The summed E-state index contributed by atoms with van der Waals surface area (Å²) >= 11 is 1.34. The fourth-order valence-corrected chi connectivity index (χ4v) is 5.60. The molecule has 146 valence electrons. The highest BCUT2D eigenvalue weighted by Crippen LogP contribution is 2.46. The standard InChI is InChI=1S/C23H20N2O3S/c26-22(25-10-9-14-11-20(23(27)24-28)29-21(14)13-25)12-19-17-7-3-1-5-15(17)16-6-2-4-8-18(16)19/h1-8,11,19,28H,9-10,12-13H2,(H,24,27). The van der Waals surface area contributed by atoms with Gasteiger partial charge in [0.25, 0.3) is 5.91 Å². The molecule has 0 radical (unpaired) electrons. The van der Waals surface area contributed by atoms with E-state index < -0.39 is 5.91 Å². The van der Waals surface area contributed by atoms with Crippen molar-refractivity contribution in [3.8, 4) is 11.1 Å². The Bertz CT molecular complexity index is 1080. The predicted octanol–water partition coefficient (Wildman–Crippen LogP) is 3.95. The third-order valence-electron chi connectivity index (χ3n) is 5.90. The van der Waals surface area contributed by atoms with E-state index in [0.717, 1.165) is 16.9 Å². The van der Waals surface area contributed by atoms with Crippen LogP contribution in [0.25, 0.3) is 11.1 Å². The van der Waals surface area contributed by atoms with Gasteiger partial charge in [0.05, 0.1) is 11.4 Å². The molecule has 0 spiro atoms. The van der Waals surface area contributed by atoms with Gasteiger partial charge in [-0.1, -0.05) is 48.5 Å². The number of thiophene rings is 1. The molecule has 0 atom stereocenters. The van der Waals surface area contributed by atoms with Gasteiger partial charge in [-0.25, -0.2) is 5.48 Å². The molecule has 5 rings (SSSR count). The highest BCUT2D eigenvalue weighted by Gasteiger charge is 2.32. The van der Waals surface area contributed by atoms with E-state index in [2.05, 4.69) is 24.3 Å². The molecular weight excluding hydrogens is 384 g/mol. The van der Waals surface area contributed by atoms with Crippen molar-refractivity contribution in [3.05, 3.63) is 81.0 Å². The lowest BCUT2D eigenvalue weighted by Crippen LogP contribution is -2.35. The summed E-state index contributed by atoms with van der Waals surface area (Å²) in [5.41, 5.74) is 7.66. The zero-order valence-electron chi connectivity index (χ0n) is 15.7. The minimum absolute atomic E-state index is 0.0790. The summed E-state index contributed by atoms with van der Waals surface area (Å²) < 4.78 is 0. The number of carbonyl (C=O) groups excluding carboxylic acids is 2. The van der Waals surface area contributed by atoms with Crippen molar-refractivity contribution in [1.29, 1.82) is 0 Å². The van der Waals surface area contributed by atoms with Crippen LogP contribution < -0.4 is 5.48 Å². The summed E-state index contributed by atoms with van der Waals surface area (Å²) in [6.45, 7) is 1.17. The van der Waals surface area contributed by atoms with Gasteiger partial charge in [0.2, 0.25) is 5.91 Å². The predicted molar refractivity (Wildman–Crippen MR) is 111 cm³/mol. The van der Waals surface area contributed by atoms with E-state index in [1.54, 1.807) is 5.48 Å². The number of amides is 2. The maximum atomic E-state index is 13.2. The van der Waals surface area contributed by atoms with Crippen LogP contribution in [0.2, 0.25) is 0 Å². The number of rotatable bonds is 3. The molecule has 0 saturated heterocycles. The van der Waals surface area contributed by atoms with Crippen LogP contribution in [0, 0.1) is 0 Å². The molecule has 1 aliphatic carbocycles. The van der Waals surface area contributed by atoms with Gasteiger partial charge in [-0.15, -0.1) is 11.3 Å². The SMILES string of the molecule is O=C(NO)c1cc2c(s1)CN(C(=O)CC1c3ccccc3-c3ccccc31)CC2. The number of hydrogen-bond acceptors (Lipinski definition) is 4. The van der Waals surface area contributed by atoms with Gasteiger partial charge in [0, 0.05) is 23.8 Å². The van der Waals surface area contributed by atoms with Gasteiger partial charge in [0.1, 0.15) is 0 Å². The Labute approximate surface area is 172 Å². The van der Waals surface area contributed by atoms with Crippen LogP contribution in [0.3, 0.4) is 0 Å². The first-order valence-electron chi connectivity index (χ1n) is 9.67. The normalized spacial score (nSPS) is 14.9. The Morgan fingerprint density at radius 1 is 1.07 bits per heavy atom. The van der Waals surface area contributed by atoms with Crippen molar-refractivity contribution in [1.82, 2.24) is 10.4 Å². The summed E-state index contributed by atoms with van der Waals surface area (Å²) in [4.78, 5) is 28.3. The third-order valence-corrected chi connectivity index (χ3v) is 7.06. The molecule has 1 aliphatic heterocycles. The molecule has 0 saturated carbocycles. The van der Waals surface area contributed by atoms with Crippen molar-refractivity contribution in [3.63, 3.8) is 0 Å². The highest BCUT2D eigenvalue weighted by molar-refractivity contribution is 7.14. The van der Waals surface area contributed by atoms with E-state index in [0.29, 0.717) is 24.4 Å². The second-order valence-electron chi connectivity index (χ2n) is 7.50. The van der Waals surface area contributed by atoms with Crippen LogP contribution in [-0.2, 0) is 17.8 Å². The molecule has 0 fully saturated rings. The lowest BCUT2D eigenvalue weighted by atomic mass is 9.92. The van der Waals surface area contributed by atoms with E-state index in [4.69, 9.17) is 5.21 Å². The minimum atomic E-state index is -0.499. The zero-order chi connectivity index (χ0) is 20.0. The number of benzene rings is 2. The second-order valence-corrected chi connectivity index (χ2v) is 8.63. The Hall–Kier alpha value is -2.96. The summed E-state index contributed by atoms with van der Waals surface area (Å²) in [5, 5.41) is 8.85. The number of hydrogen-bond donors (Lipinski definition) is 2. The number of hydroxylamine groups is 1. The van der Waals surface area contributed by atoms with Gasteiger partial charge >= 0.3 is 0 Å². The number of carbonyl (C=O) groups is 2. The number of nitrogens with one attached hydrogen (secondary N) is 1. The highest BCUT2D eigenvalue weighted by atomic mass is 32.1. The summed E-state index contributed by atoms with van der Waals surface area (Å²) in [5.74, 6) is -0.287. The molecule has 2 aliphatic rings. The molecule has 0 unspecified atom stereocenters. The Morgan fingerprint density at radius 2 is 1.72 bits per heavy atom. The zero-order valence-corrected chi connectivity index (χ0v) is 16.5. The van der Waals surface area contributed by atoms with Crippen molar-refractivity contribution < 1.29 is 14.8 Å². The Balaban J connectivity index is 1.38. The molecule has 29 heavy (non-hydrogen) atoms. The number of fused-ring (bicyclic) bond motifs is 4. The van der Waals surface area contributed by atoms with Gasteiger partial charge in [0.15, 0.2) is 0 Å². The van der Waals surface area contributed by atoms with E-state index >= 15 is 0 Å². The summed E-state index contributed by atoms with van der Waals surface area (Å²) in [7, 11) is 0. The van der Waals surface area contributed by atoms with Crippen LogP contribution in [-0.4, -0.2) is 28.5 Å². The quantitative estimate of drug-likeness (QED) is 0.513. The maximum Gasteiger partial charge on any atom is 0.284 e. The molecule has 3 aromatic rings. The van der Waals surface area contributed by atoms with E-state index in [1.807, 2.05) is 35.2 Å². The van der Waals surface area contributed by atoms with Crippen LogP contribution >= 0.6 is 11.3 Å². The van der Waals surface area contributed by atoms with E-state index in [9.17, 15) is 9.59 Å². The largest absolute Gasteiger partial charge is 0.337 e. The van der Waals surface area contributed by atoms with Crippen LogP contribution in [0.4, 0.5) is 0 Å². The monoisotopic (exact) mass is 404 g/mol. The van der Waals surface area contributed by atoms with Gasteiger partial charge < -0.3 is 4.90 Å². The summed E-state index contributed by atoms with van der Waals surface area (Å²) in [6.07, 6.45) is 1.17. The molecular formula is C23H20N2O3S. The van der Waals surface area contributed by atoms with E-state index in [-0.39, 0.29) is 11.8 Å². The molecule has 0 bridgehead atoms. The van der Waals surface area contributed by atoms with Crippen LogP contribution in [0.15, 0.2) is 54.6 Å². The average molecular weight is 404 g/mol. The molecule has 5 nitrogen and oxygen atoms in total. The first kappa shape index (κ1) is 18.1. The fourth-order valence-electron chi connectivity index (χ4n) is 4.48. The van der Waals surface area contributed by atoms with Crippen molar-refractivity contribution >= 4 is 23.2 Å². The van der Waals surface area contributed by atoms with Crippen molar-refractivity contribution in [2.75, 3.05) is 6.54 Å². The molecule has 1 aromatic heterocycles. The van der Waals surface area contributed by atoms with Crippen LogP contribution in [0.1, 0.15) is 43.6 Å². The topological polar surface area (TPSA) is 69.6 Å². The smallest absolute Gasteiger partial charge is 0.284 e. The average Bonchev–Trinajstić information content (AvgIpc) is 3.33.